The van der Waals surface area contributed by atoms with Crippen molar-refractivity contribution in [3.63, 3.8) is 0 Å². The second-order valence-electron chi connectivity index (χ2n) is 3.54. The number of nitrogens with two attached hydrogens (primary N) is 1. The topological polar surface area (TPSA) is 64.3 Å². The summed E-state index contributed by atoms with van der Waals surface area (Å²) >= 11 is 0. The van der Waals surface area contributed by atoms with Gasteiger partial charge in [-0.15, -0.1) is 0 Å². The Hall–Kier alpha value is -2.07. The van der Waals surface area contributed by atoms with Crippen LogP contribution in [0.2, 0.25) is 0 Å². The molecule has 0 spiro atoms. The number of carbonyl (C=O) groups is 1. The van der Waals surface area contributed by atoms with E-state index in [1.807, 2.05) is 25.1 Å². The van der Waals surface area contributed by atoms with E-state index in [0.29, 0.717) is 24.6 Å². The van der Waals surface area contributed by atoms with Crippen molar-refractivity contribution in [2.75, 3.05) is 18.5 Å². The smallest absolute Gasteiger partial charge is 0.248 e. The molecule has 96 valence electrons. The number of rotatable bonds is 6. The third-order valence-corrected chi connectivity index (χ3v) is 2.04. The van der Waals surface area contributed by atoms with E-state index in [2.05, 4.69) is 5.32 Å². The molecule has 0 saturated heterocycles. The van der Waals surface area contributed by atoms with Crippen LogP contribution in [0, 0.1) is 0 Å². The van der Waals surface area contributed by atoms with Crippen LogP contribution >= 0.6 is 0 Å². The lowest BCUT2D eigenvalue weighted by Gasteiger charge is -2.07. The normalized spacial score (nSPS) is 11.0. The highest BCUT2D eigenvalue weighted by atomic mass is 16.5. The Kier molecular flexibility index (Phi) is 6.28. The number of ether oxygens (including phenoxy) is 1. The lowest BCUT2D eigenvalue weighted by molar-refractivity contribution is -0.111. The number of benzene rings is 1. The molecule has 0 radical (unpaired) electrons. The molecule has 0 aromatic heterocycles. The molecule has 0 unspecified atom stereocenters. The number of nitrogens with one attached hydrogen (secondary N) is 1. The summed E-state index contributed by atoms with van der Waals surface area (Å²) in [5.74, 6) is 0.514. The van der Waals surface area contributed by atoms with Crippen LogP contribution in [0.5, 0.6) is 5.75 Å². The maximum absolute atomic E-state index is 11.5. The standard InChI is InChI=1S/C14H18N2O2/c1-2-3-4-8-14(17)16-12-6-5-7-13(11-12)18-10-9-15/h2-8,11H,9-10,15H2,1H3,(H,16,17). The van der Waals surface area contributed by atoms with Gasteiger partial charge in [0.05, 0.1) is 0 Å². The Bertz CT molecular complexity index is 439. The van der Waals surface area contributed by atoms with Gasteiger partial charge in [0, 0.05) is 24.4 Å². The summed E-state index contributed by atoms with van der Waals surface area (Å²) in [6.07, 6.45) is 6.79. The molecule has 0 heterocycles. The average molecular weight is 246 g/mol. The maximum atomic E-state index is 11.5. The van der Waals surface area contributed by atoms with Gasteiger partial charge in [-0.3, -0.25) is 4.79 Å². The number of allylic oxidation sites excluding steroid dienone is 3. The second-order valence-corrected chi connectivity index (χ2v) is 3.54. The average Bonchev–Trinajstić information content (AvgIpc) is 2.37. The first-order valence-electron chi connectivity index (χ1n) is 5.79. The van der Waals surface area contributed by atoms with Crippen molar-refractivity contribution in [1.29, 1.82) is 0 Å². The first-order chi connectivity index (χ1) is 8.76. The van der Waals surface area contributed by atoms with Gasteiger partial charge < -0.3 is 15.8 Å². The minimum Gasteiger partial charge on any atom is -0.492 e. The summed E-state index contributed by atoms with van der Waals surface area (Å²) in [6, 6.07) is 7.20. The van der Waals surface area contributed by atoms with Gasteiger partial charge in [0.25, 0.3) is 0 Å². The highest BCUT2D eigenvalue weighted by molar-refractivity contribution is 5.99. The molecular formula is C14H18N2O2. The Morgan fingerprint density at radius 2 is 2.28 bits per heavy atom. The molecular weight excluding hydrogens is 228 g/mol. The van der Waals surface area contributed by atoms with Crippen LogP contribution < -0.4 is 15.8 Å². The van der Waals surface area contributed by atoms with Crippen LogP contribution in [0.4, 0.5) is 5.69 Å². The molecule has 18 heavy (non-hydrogen) atoms. The maximum Gasteiger partial charge on any atom is 0.248 e. The van der Waals surface area contributed by atoms with Gasteiger partial charge in [0.2, 0.25) is 5.91 Å². The van der Waals surface area contributed by atoms with Crippen LogP contribution in [0.15, 0.2) is 48.6 Å². The molecule has 0 saturated carbocycles. The van der Waals surface area contributed by atoms with E-state index in [4.69, 9.17) is 10.5 Å². The Morgan fingerprint density at radius 3 is 3.00 bits per heavy atom. The molecule has 1 amide bonds. The minimum absolute atomic E-state index is 0.177. The third kappa shape index (κ3) is 5.32. The zero-order valence-electron chi connectivity index (χ0n) is 10.4. The van der Waals surface area contributed by atoms with E-state index in [-0.39, 0.29) is 5.91 Å². The van der Waals surface area contributed by atoms with Crippen molar-refractivity contribution in [3.05, 3.63) is 48.6 Å². The van der Waals surface area contributed by atoms with E-state index in [1.165, 1.54) is 6.08 Å². The molecule has 4 nitrogen and oxygen atoms in total. The van der Waals surface area contributed by atoms with Crippen molar-refractivity contribution in [3.8, 4) is 5.75 Å². The first kappa shape index (κ1) is 14.0. The Balaban J connectivity index is 2.58. The number of hydrogen-bond donors (Lipinski definition) is 2. The number of anilines is 1. The van der Waals surface area contributed by atoms with E-state index in [9.17, 15) is 4.79 Å². The van der Waals surface area contributed by atoms with Gasteiger partial charge >= 0.3 is 0 Å². The van der Waals surface area contributed by atoms with Crippen LogP contribution in [-0.2, 0) is 4.79 Å². The molecule has 1 rings (SSSR count). The molecule has 0 aliphatic carbocycles. The van der Waals surface area contributed by atoms with Gasteiger partial charge in [0.15, 0.2) is 0 Å². The Morgan fingerprint density at radius 1 is 1.44 bits per heavy atom. The first-order valence-corrected chi connectivity index (χ1v) is 5.79. The highest BCUT2D eigenvalue weighted by Crippen LogP contribution is 2.17. The molecule has 1 aromatic rings. The number of carbonyl (C=O) groups excluding carboxylic acids is 1. The van der Waals surface area contributed by atoms with Gasteiger partial charge in [-0.25, -0.2) is 0 Å². The summed E-state index contributed by atoms with van der Waals surface area (Å²) in [5, 5.41) is 2.75. The van der Waals surface area contributed by atoms with Crippen molar-refractivity contribution < 1.29 is 9.53 Å². The molecule has 0 bridgehead atoms. The molecule has 0 fully saturated rings. The van der Waals surface area contributed by atoms with Crippen molar-refractivity contribution in [1.82, 2.24) is 0 Å². The molecule has 3 N–H and O–H groups in total. The fraction of sp³-hybridized carbons (Fsp3) is 0.214. The molecule has 0 atom stereocenters. The van der Waals surface area contributed by atoms with Crippen LogP contribution in [0.3, 0.4) is 0 Å². The fourth-order valence-electron chi connectivity index (χ4n) is 1.28. The monoisotopic (exact) mass is 246 g/mol. The predicted molar refractivity (Wildman–Crippen MR) is 73.6 cm³/mol. The molecule has 1 aromatic carbocycles. The van der Waals surface area contributed by atoms with Gasteiger partial charge in [-0.2, -0.15) is 0 Å². The summed E-state index contributed by atoms with van der Waals surface area (Å²) in [7, 11) is 0. The minimum atomic E-state index is -0.177. The highest BCUT2D eigenvalue weighted by Gasteiger charge is 1.99. The van der Waals surface area contributed by atoms with E-state index in [0.717, 1.165) is 0 Å². The summed E-state index contributed by atoms with van der Waals surface area (Å²) < 4.78 is 5.37. The van der Waals surface area contributed by atoms with Crippen molar-refractivity contribution in [2.24, 2.45) is 5.73 Å². The summed E-state index contributed by atoms with van der Waals surface area (Å²) in [4.78, 5) is 11.5. The fourth-order valence-corrected chi connectivity index (χ4v) is 1.28. The van der Waals surface area contributed by atoms with Gasteiger partial charge in [0.1, 0.15) is 12.4 Å². The lowest BCUT2D eigenvalue weighted by Crippen LogP contribution is -2.11. The SMILES string of the molecule is CC=CC=CC(=O)Nc1cccc(OCCN)c1. The van der Waals surface area contributed by atoms with E-state index >= 15 is 0 Å². The van der Waals surface area contributed by atoms with Crippen molar-refractivity contribution in [2.45, 2.75) is 6.92 Å². The predicted octanol–water partition coefficient (Wildman–Crippen LogP) is 2.09. The van der Waals surface area contributed by atoms with E-state index < -0.39 is 0 Å². The second kappa shape index (κ2) is 8.08. The Labute approximate surface area is 107 Å². The molecule has 0 aliphatic rings. The van der Waals surface area contributed by atoms with Crippen molar-refractivity contribution >= 4 is 11.6 Å². The molecule has 0 aliphatic heterocycles. The van der Waals surface area contributed by atoms with Crippen LogP contribution in [0.1, 0.15) is 6.92 Å². The quantitative estimate of drug-likeness (QED) is 0.596. The van der Waals surface area contributed by atoms with E-state index in [1.54, 1.807) is 24.3 Å². The molecule has 4 heteroatoms. The number of hydrogen-bond acceptors (Lipinski definition) is 3. The zero-order valence-corrected chi connectivity index (χ0v) is 10.4. The van der Waals surface area contributed by atoms with Crippen LogP contribution in [0.25, 0.3) is 0 Å². The largest absolute Gasteiger partial charge is 0.492 e. The van der Waals surface area contributed by atoms with Gasteiger partial charge in [-0.1, -0.05) is 24.3 Å². The summed E-state index contributed by atoms with van der Waals surface area (Å²) in [6.45, 7) is 2.81. The zero-order chi connectivity index (χ0) is 13.2. The number of amides is 1. The summed E-state index contributed by atoms with van der Waals surface area (Å²) in [5.41, 5.74) is 6.05. The third-order valence-electron chi connectivity index (χ3n) is 2.04. The van der Waals surface area contributed by atoms with Gasteiger partial charge in [-0.05, 0) is 19.1 Å². The lowest BCUT2D eigenvalue weighted by atomic mass is 10.3. The van der Waals surface area contributed by atoms with Crippen LogP contribution in [-0.4, -0.2) is 19.1 Å².